The molecule has 1 aliphatic rings. The molecule has 118 valence electrons. The lowest BCUT2D eigenvalue weighted by Crippen LogP contribution is -1.98. The van der Waals surface area contributed by atoms with E-state index in [9.17, 15) is 13.2 Å². The average molecular weight is 349 g/mol. The Morgan fingerprint density at radius 3 is 2.35 bits per heavy atom. The molecular weight excluding hydrogens is 336 g/mol. The van der Waals surface area contributed by atoms with Gasteiger partial charge in [0.1, 0.15) is 6.61 Å². The molecule has 0 amide bonds. The topological polar surface area (TPSA) is 60.4 Å². The lowest BCUT2D eigenvalue weighted by Gasteiger charge is -2.06. The number of hydrogen-bond donors (Lipinski definition) is 0. The maximum absolute atomic E-state index is 12.1. The van der Waals surface area contributed by atoms with Gasteiger partial charge in [-0.05, 0) is 35.4 Å². The van der Waals surface area contributed by atoms with E-state index < -0.39 is 15.8 Å². The van der Waals surface area contributed by atoms with Gasteiger partial charge >= 0.3 is 5.97 Å². The number of carbonyl (C=O) groups excluding carboxylic acids is 1. The van der Waals surface area contributed by atoms with Crippen molar-refractivity contribution in [3.05, 3.63) is 64.7 Å². The average Bonchev–Trinajstić information content (AvgIpc) is 2.88. The molecular formula is C17H13ClO4S. The minimum Gasteiger partial charge on any atom is -0.457 e. The summed E-state index contributed by atoms with van der Waals surface area (Å²) >= 11 is 5.99. The molecule has 0 unspecified atom stereocenters. The number of halogens is 1. The molecule has 0 bridgehead atoms. The first kappa shape index (κ1) is 15.8. The number of hydrogen-bond acceptors (Lipinski definition) is 4. The van der Waals surface area contributed by atoms with Crippen LogP contribution in [0.25, 0.3) is 11.1 Å². The smallest absolute Gasteiger partial charge is 0.339 e. The quantitative estimate of drug-likeness (QED) is 0.799. The summed E-state index contributed by atoms with van der Waals surface area (Å²) in [5, 5.41) is 0.529. The third-order valence-electron chi connectivity index (χ3n) is 3.60. The standard InChI is InChI=1S/C17H13ClO4S/c1-23(20,21)14-7-5-11(6-8-14)15-10-22-17(19)16(15)12-3-2-4-13(18)9-12/h2-9H,10H2,1H3. The zero-order valence-corrected chi connectivity index (χ0v) is 13.8. The molecule has 3 rings (SSSR count). The van der Waals surface area contributed by atoms with Gasteiger partial charge in [-0.15, -0.1) is 0 Å². The van der Waals surface area contributed by atoms with Gasteiger partial charge in [-0.25, -0.2) is 13.2 Å². The number of cyclic esters (lactones) is 1. The second-order valence-electron chi connectivity index (χ2n) is 5.24. The zero-order chi connectivity index (χ0) is 16.6. The maximum Gasteiger partial charge on any atom is 0.339 e. The summed E-state index contributed by atoms with van der Waals surface area (Å²) in [6.45, 7) is 0.152. The van der Waals surface area contributed by atoms with Crippen LogP contribution in [0.5, 0.6) is 0 Å². The molecule has 0 N–H and O–H groups in total. The molecule has 0 radical (unpaired) electrons. The molecule has 0 spiro atoms. The summed E-state index contributed by atoms with van der Waals surface area (Å²) in [5.74, 6) is -0.408. The fourth-order valence-electron chi connectivity index (χ4n) is 2.47. The fraction of sp³-hybridized carbons (Fsp3) is 0.118. The highest BCUT2D eigenvalue weighted by Gasteiger charge is 2.27. The van der Waals surface area contributed by atoms with Crippen LogP contribution in [0.1, 0.15) is 11.1 Å². The van der Waals surface area contributed by atoms with Crippen molar-refractivity contribution in [1.29, 1.82) is 0 Å². The van der Waals surface area contributed by atoms with Gasteiger partial charge in [-0.1, -0.05) is 35.9 Å². The lowest BCUT2D eigenvalue weighted by atomic mass is 9.97. The number of rotatable bonds is 3. The molecule has 0 atom stereocenters. The van der Waals surface area contributed by atoms with E-state index in [0.29, 0.717) is 16.2 Å². The normalized spacial score (nSPS) is 15.0. The van der Waals surface area contributed by atoms with Crippen LogP contribution in [0.3, 0.4) is 0 Å². The third kappa shape index (κ3) is 3.16. The van der Waals surface area contributed by atoms with Gasteiger partial charge in [0.25, 0.3) is 0 Å². The lowest BCUT2D eigenvalue weighted by molar-refractivity contribution is -0.133. The molecule has 1 heterocycles. The molecule has 23 heavy (non-hydrogen) atoms. The number of esters is 1. The summed E-state index contributed by atoms with van der Waals surface area (Å²) in [6.07, 6.45) is 1.15. The first-order valence-corrected chi connectivity index (χ1v) is 9.10. The van der Waals surface area contributed by atoms with Gasteiger partial charge in [-0.3, -0.25) is 0 Å². The molecule has 0 fully saturated rings. The van der Waals surface area contributed by atoms with E-state index in [1.807, 2.05) is 0 Å². The zero-order valence-electron chi connectivity index (χ0n) is 12.2. The molecule has 2 aromatic carbocycles. The highest BCUT2D eigenvalue weighted by atomic mass is 35.5. The van der Waals surface area contributed by atoms with Crippen molar-refractivity contribution >= 4 is 38.6 Å². The van der Waals surface area contributed by atoms with E-state index in [2.05, 4.69) is 0 Å². The van der Waals surface area contributed by atoms with Gasteiger partial charge in [0.05, 0.1) is 10.5 Å². The molecule has 2 aromatic rings. The molecule has 6 heteroatoms. The second kappa shape index (κ2) is 5.83. The molecule has 0 aromatic heterocycles. The van der Waals surface area contributed by atoms with Crippen LogP contribution >= 0.6 is 11.6 Å². The minimum absolute atomic E-state index is 0.152. The van der Waals surface area contributed by atoms with Crippen LogP contribution in [-0.2, 0) is 19.4 Å². The van der Waals surface area contributed by atoms with E-state index in [1.54, 1.807) is 36.4 Å². The number of benzene rings is 2. The van der Waals surface area contributed by atoms with E-state index in [-0.39, 0.29) is 11.5 Å². The maximum atomic E-state index is 12.1. The van der Waals surface area contributed by atoms with Gasteiger partial charge in [-0.2, -0.15) is 0 Å². The molecule has 1 aliphatic heterocycles. The Balaban J connectivity index is 2.10. The van der Waals surface area contributed by atoms with E-state index in [0.717, 1.165) is 17.4 Å². The Morgan fingerprint density at radius 1 is 1.04 bits per heavy atom. The van der Waals surface area contributed by atoms with Crippen molar-refractivity contribution in [2.45, 2.75) is 4.90 Å². The largest absolute Gasteiger partial charge is 0.457 e. The molecule has 0 saturated carbocycles. The summed E-state index contributed by atoms with van der Waals surface area (Å²) in [6, 6.07) is 13.4. The Bertz CT molecular complexity index is 912. The van der Waals surface area contributed by atoms with Gasteiger partial charge in [0.2, 0.25) is 0 Å². The first-order valence-electron chi connectivity index (χ1n) is 6.83. The third-order valence-corrected chi connectivity index (χ3v) is 4.96. The first-order chi connectivity index (χ1) is 10.9. The Labute approximate surface area is 139 Å². The monoisotopic (exact) mass is 348 g/mol. The minimum atomic E-state index is -3.26. The predicted octanol–water partition coefficient (Wildman–Crippen LogP) is 3.21. The summed E-state index contributed by atoms with van der Waals surface area (Å²) in [5.41, 5.74) is 2.61. The van der Waals surface area contributed by atoms with Crippen LogP contribution in [0, 0.1) is 0 Å². The SMILES string of the molecule is CS(=O)(=O)c1ccc(C2=C(c3cccc(Cl)c3)C(=O)OC2)cc1. The van der Waals surface area contributed by atoms with E-state index in [1.165, 1.54) is 12.1 Å². The fourth-order valence-corrected chi connectivity index (χ4v) is 3.29. The highest BCUT2D eigenvalue weighted by Crippen LogP contribution is 2.34. The van der Waals surface area contributed by atoms with E-state index in [4.69, 9.17) is 16.3 Å². The molecule has 0 saturated heterocycles. The highest BCUT2D eigenvalue weighted by molar-refractivity contribution is 7.90. The van der Waals surface area contributed by atoms with Crippen LogP contribution in [-0.4, -0.2) is 27.2 Å². The number of sulfone groups is 1. The van der Waals surface area contributed by atoms with Gasteiger partial charge < -0.3 is 4.74 Å². The van der Waals surface area contributed by atoms with Crippen molar-refractivity contribution in [2.75, 3.05) is 12.9 Å². The van der Waals surface area contributed by atoms with Crippen molar-refractivity contribution in [3.63, 3.8) is 0 Å². The van der Waals surface area contributed by atoms with Crippen LogP contribution in [0.2, 0.25) is 5.02 Å². The Hall–Kier alpha value is -2.11. The second-order valence-corrected chi connectivity index (χ2v) is 7.69. The molecule has 4 nitrogen and oxygen atoms in total. The van der Waals surface area contributed by atoms with Gasteiger partial charge in [0, 0.05) is 16.9 Å². The Morgan fingerprint density at radius 2 is 1.74 bits per heavy atom. The number of ether oxygens (including phenoxy) is 1. The Kier molecular flexibility index (Phi) is 4.00. The number of carbonyl (C=O) groups is 1. The predicted molar refractivity (Wildman–Crippen MR) is 88.8 cm³/mol. The summed E-state index contributed by atoms with van der Waals surface area (Å²) in [7, 11) is -3.26. The van der Waals surface area contributed by atoms with Gasteiger partial charge in [0.15, 0.2) is 9.84 Å². The summed E-state index contributed by atoms with van der Waals surface area (Å²) in [4.78, 5) is 12.3. The van der Waals surface area contributed by atoms with E-state index >= 15 is 0 Å². The molecule has 0 aliphatic carbocycles. The van der Waals surface area contributed by atoms with Crippen LogP contribution in [0.15, 0.2) is 53.4 Å². The van der Waals surface area contributed by atoms with Crippen molar-refractivity contribution in [2.24, 2.45) is 0 Å². The van der Waals surface area contributed by atoms with Crippen molar-refractivity contribution in [3.8, 4) is 0 Å². The summed E-state index contributed by atoms with van der Waals surface area (Å²) < 4.78 is 28.2. The van der Waals surface area contributed by atoms with Crippen LogP contribution < -0.4 is 0 Å². The van der Waals surface area contributed by atoms with Crippen molar-refractivity contribution < 1.29 is 17.9 Å². The van der Waals surface area contributed by atoms with Crippen LogP contribution in [0.4, 0.5) is 0 Å². The van der Waals surface area contributed by atoms with Crippen molar-refractivity contribution in [1.82, 2.24) is 0 Å².